The second-order valence-corrected chi connectivity index (χ2v) is 7.79. The molecule has 21 heavy (non-hydrogen) atoms. The van der Waals surface area contributed by atoms with Crippen molar-refractivity contribution >= 4 is 15.7 Å². The number of benzene rings is 1. The van der Waals surface area contributed by atoms with Gasteiger partial charge >= 0.3 is 0 Å². The lowest BCUT2D eigenvalue weighted by molar-refractivity contribution is 0.385. The molecule has 1 fully saturated rings. The van der Waals surface area contributed by atoms with E-state index in [4.69, 9.17) is 0 Å². The average molecular weight is 310 g/mol. The third-order valence-electron chi connectivity index (χ3n) is 4.30. The molecule has 0 heterocycles. The molecule has 1 aliphatic rings. The molecule has 2 N–H and O–H groups in total. The van der Waals surface area contributed by atoms with Crippen molar-refractivity contribution in [3.05, 3.63) is 29.8 Å². The normalized spacial score (nSPS) is 18.4. The minimum atomic E-state index is -3.24. The third-order valence-corrected chi connectivity index (χ3v) is 5.75. The monoisotopic (exact) mass is 310 g/mol. The Morgan fingerprint density at radius 3 is 2.33 bits per heavy atom. The Balaban J connectivity index is 1.96. The summed E-state index contributed by atoms with van der Waals surface area (Å²) >= 11 is 0. The summed E-state index contributed by atoms with van der Waals surface area (Å²) in [6.45, 7) is 2.07. The molecule has 0 saturated heterocycles. The second-order valence-electron chi connectivity index (χ2n) is 6.02. The van der Waals surface area contributed by atoms with E-state index >= 15 is 0 Å². The van der Waals surface area contributed by atoms with Crippen molar-refractivity contribution in [2.75, 3.05) is 17.5 Å². The van der Waals surface area contributed by atoms with Gasteiger partial charge in [0.05, 0.1) is 5.75 Å². The van der Waals surface area contributed by atoms with Crippen LogP contribution in [0.5, 0.6) is 0 Å². The van der Waals surface area contributed by atoms with Crippen molar-refractivity contribution in [1.82, 2.24) is 5.32 Å². The Labute approximate surface area is 128 Å². The van der Waals surface area contributed by atoms with Crippen molar-refractivity contribution in [2.45, 2.75) is 45.1 Å². The Morgan fingerprint density at radius 1 is 1.14 bits per heavy atom. The maximum atomic E-state index is 12.2. The van der Waals surface area contributed by atoms with Gasteiger partial charge in [0, 0.05) is 11.7 Å². The molecule has 2 rings (SSSR count). The molecule has 1 aliphatic carbocycles. The lowest BCUT2D eigenvalue weighted by Crippen LogP contribution is -2.24. The molecule has 1 atom stereocenters. The molecule has 1 unspecified atom stereocenters. The van der Waals surface area contributed by atoms with Crippen LogP contribution in [0.4, 0.5) is 5.69 Å². The highest BCUT2D eigenvalue weighted by molar-refractivity contribution is 7.92. The van der Waals surface area contributed by atoms with Crippen LogP contribution in [0.1, 0.15) is 50.6 Å². The summed E-state index contributed by atoms with van der Waals surface area (Å²) in [4.78, 5) is 0. The van der Waals surface area contributed by atoms with E-state index in [0.29, 0.717) is 11.6 Å². The van der Waals surface area contributed by atoms with Crippen molar-refractivity contribution < 1.29 is 8.42 Å². The summed E-state index contributed by atoms with van der Waals surface area (Å²) in [5.74, 6) is 0.571. The standard InChI is InChI=1S/C16H26N2O2S/c1-13(17-2)15-8-10-16(11-9-15)18-21(19,20)12-14-6-4-3-5-7-14/h8-11,13-14,17-18H,3-7,12H2,1-2H3. The van der Waals surface area contributed by atoms with E-state index in [1.54, 1.807) is 0 Å². The smallest absolute Gasteiger partial charge is 0.232 e. The van der Waals surface area contributed by atoms with Crippen molar-refractivity contribution in [2.24, 2.45) is 5.92 Å². The van der Waals surface area contributed by atoms with Crippen molar-refractivity contribution in [3.8, 4) is 0 Å². The minimum absolute atomic E-state index is 0.252. The Hall–Kier alpha value is -1.07. The first kappa shape index (κ1) is 16.3. The molecule has 0 spiro atoms. The van der Waals surface area contributed by atoms with E-state index in [9.17, 15) is 8.42 Å². The van der Waals surface area contributed by atoms with Gasteiger partial charge in [-0.25, -0.2) is 8.42 Å². The van der Waals surface area contributed by atoms with Crippen molar-refractivity contribution in [3.63, 3.8) is 0 Å². The fourth-order valence-electron chi connectivity index (χ4n) is 2.89. The molecule has 0 aliphatic heterocycles. The zero-order chi connectivity index (χ0) is 15.3. The van der Waals surface area contributed by atoms with E-state index in [1.807, 2.05) is 31.3 Å². The molecule has 0 radical (unpaired) electrons. The van der Waals surface area contributed by atoms with E-state index in [1.165, 1.54) is 6.42 Å². The van der Waals surface area contributed by atoms with E-state index in [-0.39, 0.29) is 11.8 Å². The van der Waals surface area contributed by atoms with Crippen LogP contribution < -0.4 is 10.0 Å². The van der Waals surface area contributed by atoms with Crippen LogP contribution in [0.15, 0.2) is 24.3 Å². The zero-order valence-electron chi connectivity index (χ0n) is 12.9. The fourth-order valence-corrected chi connectivity index (χ4v) is 4.42. The Kier molecular flexibility index (Phi) is 5.65. The third kappa shape index (κ3) is 5.00. The zero-order valence-corrected chi connectivity index (χ0v) is 13.7. The van der Waals surface area contributed by atoms with Crippen LogP contribution in [0.25, 0.3) is 0 Å². The van der Waals surface area contributed by atoms with Gasteiger partial charge in [-0.1, -0.05) is 31.4 Å². The first-order chi connectivity index (χ1) is 10.00. The maximum absolute atomic E-state index is 12.2. The first-order valence-corrected chi connectivity index (χ1v) is 9.43. The van der Waals surface area contributed by atoms with Gasteiger partial charge in [0.1, 0.15) is 0 Å². The van der Waals surface area contributed by atoms with Crippen LogP contribution >= 0.6 is 0 Å². The summed E-state index contributed by atoms with van der Waals surface area (Å²) in [5, 5.41) is 3.16. The minimum Gasteiger partial charge on any atom is -0.313 e. The van der Waals surface area contributed by atoms with Crippen LogP contribution in [-0.2, 0) is 10.0 Å². The molecule has 1 aromatic rings. The van der Waals surface area contributed by atoms with Gasteiger partial charge in [0.25, 0.3) is 0 Å². The van der Waals surface area contributed by atoms with E-state index in [2.05, 4.69) is 17.0 Å². The Morgan fingerprint density at radius 2 is 1.76 bits per heavy atom. The average Bonchev–Trinajstić information content (AvgIpc) is 2.47. The van der Waals surface area contributed by atoms with E-state index in [0.717, 1.165) is 31.2 Å². The number of sulfonamides is 1. The van der Waals surface area contributed by atoms with E-state index < -0.39 is 10.0 Å². The van der Waals surface area contributed by atoms with Gasteiger partial charge in [-0.15, -0.1) is 0 Å². The molecular formula is C16H26N2O2S. The quantitative estimate of drug-likeness (QED) is 0.847. The number of rotatable bonds is 6. The molecule has 118 valence electrons. The highest BCUT2D eigenvalue weighted by atomic mass is 32.2. The highest BCUT2D eigenvalue weighted by Crippen LogP contribution is 2.25. The fraction of sp³-hybridized carbons (Fsp3) is 0.625. The number of nitrogens with one attached hydrogen (secondary N) is 2. The largest absolute Gasteiger partial charge is 0.313 e. The van der Waals surface area contributed by atoms with Gasteiger partial charge in [-0.2, -0.15) is 0 Å². The topological polar surface area (TPSA) is 58.2 Å². The van der Waals surface area contributed by atoms with Gasteiger partial charge in [-0.05, 0) is 50.4 Å². The SMILES string of the molecule is CNC(C)c1ccc(NS(=O)(=O)CC2CCCCC2)cc1. The van der Waals surface area contributed by atoms with Crippen LogP contribution in [-0.4, -0.2) is 21.2 Å². The molecular weight excluding hydrogens is 284 g/mol. The lowest BCUT2D eigenvalue weighted by atomic mass is 9.91. The van der Waals surface area contributed by atoms with Gasteiger partial charge in [0.15, 0.2) is 0 Å². The summed E-state index contributed by atoms with van der Waals surface area (Å²) in [7, 11) is -1.33. The maximum Gasteiger partial charge on any atom is 0.232 e. The molecule has 0 aromatic heterocycles. The lowest BCUT2D eigenvalue weighted by Gasteiger charge is -2.21. The number of anilines is 1. The van der Waals surface area contributed by atoms with Crippen LogP contribution in [0.2, 0.25) is 0 Å². The van der Waals surface area contributed by atoms with Gasteiger partial charge < -0.3 is 5.32 Å². The van der Waals surface area contributed by atoms with Crippen LogP contribution in [0, 0.1) is 5.92 Å². The molecule has 0 amide bonds. The predicted octanol–water partition coefficient (Wildman–Crippen LogP) is 3.29. The first-order valence-electron chi connectivity index (χ1n) is 7.78. The van der Waals surface area contributed by atoms with Crippen molar-refractivity contribution in [1.29, 1.82) is 0 Å². The number of hydrogen-bond donors (Lipinski definition) is 2. The molecule has 5 heteroatoms. The molecule has 0 bridgehead atoms. The van der Waals surface area contributed by atoms with Gasteiger partial charge in [-0.3, -0.25) is 4.72 Å². The summed E-state index contributed by atoms with van der Waals surface area (Å²) in [6.07, 6.45) is 5.65. The number of hydrogen-bond acceptors (Lipinski definition) is 3. The molecule has 1 aromatic carbocycles. The van der Waals surface area contributed by atoms with Crippen LogP contribution in [0.3, 0.4) is 0 Å². The van der Waals surface area contributed by atoms with Gasteiger partial charge in [0.2, 0.25) is 10.0 Å². The molecule has 4 nitrogen and oxygen atoms in total. The highest BCUT2D eigenvalue weighted by Gasteiger charge is 2.21. The summed E-state index contributed by atoms with van der Waals surface area (Å²) in [6, 6.07) is 7.85. The predicted molar refractivity (Wildman–Crippen MR) is 87.9 cm³/mol. The summed E-state index contributed by atoms with van der Waals surface area (Å²) < 4.78 is 27.1. The summed E-state index contributed by atoms with van der Waals surface area (Å²) in [5.41, 5.74) is 1.80. The second kappa shape index (κ2) is 7.27. The Bertz CT molecular complexity index is 534. The molecule has 1 saturated carbocycles.